The summed E-state index contributed by atoms with van der Waals surface area (Å²) in [6, 6.07) is 10.5. The molecule has 3 atom stereocenters. The van der Waals surface area contributed by atoms with E-state index < -0.39 is 0 Å². The second kappa shape index (κ2) is 7.38. The first-order valence-corrected chi connectivity index (χ1v) is 9.41. The Hall–Kier alpha value is -1.82. The number of carbonyl (C=O) groups excluding carboxylic acids is 1. The SMILES string of the molecule is C[C@@H]1CCC[C@@H](C)N1C(=O)[C@@H](C)Sc1n[nH]c(-c2ccccc2)n1. The Labute approximate surface area is 147 Å². The molecule has 0 bridgehead atoms. The van der Waals surface area contributed by atoms with Crippen molar-refractivity contribution < 1.29 is 4.79 Å². The molecule has 0 radical (unpaired) electrons. The Balaban J connectivity index is 1.67. The van der Waals surface area contributed by atoms with Gasteiger partial charge in [-0.2, -0.15) is 0 Å². The highest BCUT2D eigenvalue weighted by molar-refractivity contribution is 8.00. The zero-order valence-corrected chi connectivity index (χ0v) is 15.2. The maximum absolute atomic E-state index is 12.8. The molecular weight excluding hydrogens is 320 g/mol. The summed E-state index contributed by atoms with van der Waals surface area (Å²) in [7, 11) is 0. The number of rotatable bonds is 4. The van der Waals surface area contributed by atoms with Gasteiger partial charge in [0.1, 0.15) is 0 Å². The van der Waals surface area contributed by atoms with E-state index in [0.717, 1.165) is 24.2 Å². The molecule has 5 nitrogen and oxygen atoms in total. The summed E-state index contributed by atoms with van der Waals surface area (Å²) >= 11 is 1.42. The molecule has 0 saturated carbocycles. The highest BCUT2D eigenvalue weighted by atomic mass is 32.2. The van der Waals surface area contributed by atoms with Crippen molar-refractivity contribution >= 4 is 17.7 Å². The van der Waals surface area contributed by atoms with Gasteiger partial charge in [-0.25, -0.2) is 4.98 Å². The maximum Gasteiger partial charge on any atom is 0.236 e. The number of benzene rings is 1. The first-order valence-electron chi connectivity index (χ1n) is 8.53. The molecule has 24 heavy (non-hydrogen) atoms. The van der Waals surface area contributed by atoms with Crippen molar-refractivity contribution in [1.82, 2.24) is 20.1 Å². The fourth-order valence-electron chi connectivity index (χ4n) is 3.30. The molecule has 0 spiro atoms. The summed E-state index contributed by atoms with van der Waals surface area (Å²) in [5.74, 6) is 0.920. The van der Waals surface area contributed by atoms with Crippen molar-refractivity contribution in [2.75, 3.05) is 0 Å². The molecule has 0 unspecified atom stereocenters. The molecule has 128 valence electrons. The average Bonchev–Trinajstić information content (AvgIpc) is 3.04. The predicted molar refractivity (Wildman–Crippen MR) is 96.8 cm³/mol. The van der Waals surface area contributed by atoms with Crippen LogP contribution in [0.5, 0.6) is 0 Å². The maximum atomic E-state index is 12.8. The van der Waals surface area contributed by atoms with Crippen molar-refractivity contribution in [2.45, 2.75) is 62.5 Å². The average molecular weight is 344 g/mol. The van der Waals surface area contributed by atoms with Gasteiger partial charge in [-0.3, -0.25) is 9.89 Å². The minimum absolute atomic E-state index is 0.186. The molecule has 6 heteroatoms. The van der Waals surface area contributed by atoms with Gasteiger partial charge in [0, 0.05) is 17.6 Å². The monoisotopic (exact) mass is 344 g/mol. The van der Waals surface area contributed by atoms with E-state index in [4.69, 9.17) is 0 Å². The Morgan fingerprint density at radius 2 is 1.92 bits per heavy atom. The predicted octanol–water partition coefficient (Wildman–Crippen LogP) is 3.74. The minimum Gasteiger partial charge on any atom is -0.336 e. The van der Waals surface area contributed by atoms with Crippen molar-refractivity contribution in [1.29, 1.82) is 0 Å². The van der Waals surface area contributed by atoms with E-state index in [1.54, 1.807) is 0 Å². The number of amides is 1. The molecule has 3 rings (SSSR count). The molecule has 1 N–H and O–H groups in total. The number of hydrogen-bond acceptors (Lipinski definition) is 4. The Bertz CT molecular complexity index is 677. The molecule has 1 amide bonds. The van der Waals surface area contributed by atoms with Gasteiger partial charge in [0.05, 0.1) is 5.25 Å². The molecular formula is C18H24N4OS. The third-order valence-corrected chi connectivity index (χ3v) is 5.54. The number of piperidine rings is 1. The van der Waals surface area contributed by atoms with Crippen molar-refractivity contribution in [2.24, 2.45) is 0 Å². The minimum atomic E-state index is -0.188. The van der Waals surface area contributed by atoms with Crippen LogP contribution in [0.2, 0.25) is 0 Å². The molecule has 2 aromatic rings. The summed E-state index contributed by atoms with van der Waals surface area (Å²) in [5.41, 5.74) is 0.995. The Morgan fingerprint density at radius 3 is 2.58 bits per heavy atom. The Morgan fingerprint density at radius 1 is 1.25 bits per heavy atom. The van der Waals surface area contributed by atoms with E-state index in [1.165, 1.54) is 18.2 Å². The van der Waals surface area contributed by atoms with E-state index >= 15 is 0 Å². The van der Waals surface area contributed by atoms with Crippen molar-refractivity contribution in [3.63, 3.8) is 0 Å². The number of thioether (sulfide) groups is 1. The molecule has 1 aliphatic heterocycles. The summed E-state index contributed by atoms with van der Waals surface area (Å²) in [5, 5.41) is 7.64. The van der Waals surface area contributed by atoms with E-state index in [2.05, 4.69) is 29.0 Å². The smallest absolute Gasteiger partial charge is 0.236 e. The zero-order valence-electron chi connectivity index (χ0n) is 14.4. The van der Waals surface area contributed by atoms with Gasteiger partial charge in [-0.1, -0.05) is 42.1 Å². The number of likely N-dealkylation sites (tertiary alicyclic amines) is 1. The van der Waals surface area contributed by atoms with Crippen LogP contribution in [0.4, 0.5) is 0 Å². The van der Waals surface area contributed by atoms with Crippen LogP contribution in [-0.4, -0.2) is 43.3 Å². The fraction of sp³-hybridized carbons (Fsp3) is 0.500. The van der Waals surface area contributed by atoms with Crippen LogP contribution in [0.1, 0.15) is 40.0 Å². The number of aromatic amines is 1. The molecule has 1 aromatic carbocycles. The van der Waals surface area contributed by atoms with Crippen LogP contribution in [0, 0.1) is 0 Å². The van der Waals surface area contributed by atoms with Crippen molar-refractivity contribution in [3.05, 3.63) is 30.3 Å². The number of hydrogen-bond donors (Lipinski definition) is 1. The van der Waals surface area contributed by atoms with E-state index in [-0.39, 0.29) is 11.2 Å². The standard InChI is InChI=1S/C18H24N4OS/c1-12-8-7-9-13(2)22(12)17(23)14(3)24-18-19-16(20-21-18)15-10-5-4-6-11-15/h4-6,10-14H,7-9H2,1-3H3,(H,19,20,21)/t12-,13-,14-/m1/s1. The van der Waals surface area contributed by atoms with Gasteiger partial charge < -0.3 is 4.90 Å². The fourth-order valence-corrected chi connectivity index (χ4v) is 4.08. The lowest BCUT2D eigenvalue weighted by molar-refractivity contribution is -0.136. The second-order valence-corrected chi connectivity index (χ2v) is 7.78. The van der Waals surface area contributed by atoms with Crippen LogP contribution >= 0.6 is 11.8 Å². The van der Waals surface area contributed by atoms with E-state index in [9.17, 15) is 4.79 Å². The van der Waals surface area contributed by atoms with Gasteiger partial charge in [-0.05, 0) is 40.0 Å². The summed E-state index contributed by atoms with van der Waals surface area (Å²) in [6.45, 7) is 6.23. The third kappa shape index (κ3) is 3.64. The molecule has 1 aromatic heterocycles. The van der Waals surface area contributed by atoms with Crippen LogP contribution in [-0.2, 0) is 4.79 Å². The van der Waals surface area contributed by atoms with Gasteiger partial charge in [0.15, 0.2) is 5.82 Å². The van der Waals surface area contributed by atoms with E-state index in [0.29, 0.717) is 17.2 Å². The third-order valence-electron chi connectivity index (χ3n) is 4.59. The molecule has 0 aliphatic carbocycles. The lowest BCUT2D eigenvalue weighted by Crippen LogP contribution is -2.50. The van der Waals surface area contributed by atoms with Crippen LogP contribution < -0.4 is 0 Å². The molecule has 1 saturated heterocycles. The highest BCUT2D eigenvalue weighted by Crippen LogP contribution is 2.28. The van der Waals surface area contributed by atoms with Gasteiger partial charge in [0.25, 0.3) is 0 Å². The lowest BCUT2D eigenvalue weighted by Gasteiger charge is -2.40. The summed E-state index contributed by atoms with van der Waals surface area (Å²) in [6.07, 6.45) is 3.38. The largest absolute Gasteiger partial charge is 0.336 e. The molecule has 2 heterocycles. The number of H-pyrrole nitrogens is 1. The summed E-state index contributed by atoms with van der Waals surface area (Å²) in [4.78, 5) is 19.4. The normalized spacial score (nSPS) is 22.4. The Kier molecular flexibility index (Phi) is 5.23. The lowest BCUT2D eigenvalue weighted by atomic mass is 9.97. The van der Waals surface area contributed by atoms with E-state index in [1.807, 2.05) is 42.2 Å². The number of aromatic nitrogens is 3. The zero-order chi connectivity index (χ0) is 17.1. The molecule has 1 aliphatic rings. The van der Waals surface area contributed by atoms with Crippen LogP contribution in [0.15, 0.2) is 35.5 Å². The molecule has 1 fully saturated rings. The summed E-state index contributed by atoms with van der Waals surface area (Å²) < 4.78 is 0. The first kappa shape index (κ1) is 17.0. The van der Waals surface area contributed by atoms with Crippen LogP contribution in [0.3, 0.4) is 0 Å². The van der Waals surface area contributed by atoms with Crippen molar-refractivity contribution in [3.8, 4) is 11.4 Å². The number of nitrogens with one attached hydrogen (secondary N) is 1. The highest BCUT2D eigenvalue weighted by Gasteiger charge is 2.32. The second-order valence-electron chi connectivity index (χ2n) is 6.47. The topological polar surface area (TPSA) is 61.9 Å². The quantitative estimate of drug-likeness (QED) is 0.858. The van der Waals surface area contributed by atoms with Gasteiger partial charge >= 0.3 is 0 Å². The number of nitrogens with zero attached hydrogens (tertiary/aromatic N) is 3. The first-order chi connectivity index (χ1) is 11.6. The van der Waals surface area contributed by atoms with Gasteiger partial charge in [0.2, 0.25) is 11.1 Å². The van der Waals surface area contributed by atoms with Crippen LogP contribution in [0.25, 0.3) is 11.4 Å². The number of carbonyl (C=O) groups is 1. The van der Waals surface area contributed by atoms with Gasteiger partial charge in [-0.15, -0.1) is 5.10 Å².